The Bertz CT molecular complexity index is 1070. The minimum Gasteiger partial charge on any atom is -0.386 e. The zero-order valence-electron chi connectivity index (χ0n) is 24.1. The van der Waals surface area contributed by atoms with Crippen LogP contribution in [0.4, 0.5) is 0 Å². The Morgan fingerprint density at radius 3 is 2.27 bits per heavy atom. The molecule has 0 spiro atoms. The third kappa shape index (κ3) is 8.36. The highest BCUT2D eigenvalue weighted by molar-refractivity contribution is 5.98. The summed E-state index contributed by atoms with van der Waals surface area (Å²) in [5, 5.41) is 18.0. The van der Waals surface area contributed by atoms with Gasteiger partial charge >= 0.3 is 0 Å². The molecule has 0 aromatic heterocycles. The molecule has 3 rings (SSSR count). The van der Waals surface area contributed by atoms with Crippen LogP contribution in [0.25, 0.3) is 0 Å². The fourth-order valence-corrected chi connectivity index (χ4v) is 5.30. The molecule has 4 amide bonds. The first-order valence-electron chi connectivity index (χ1n) is 14.3. The second-order valence-corrected chi connectivity index (χ2v) is 12.1. The number of hydrogen-bond donors (Lipinski definition) is 4. The second-order valence-electron chi connectivity index (χ2n) is 12.1. The zero-order valence-corrected chi connectivity index (χ0v) is 24.1. The molecule has 4 N–H and O–H groups in total. The van der Waals surface area contributed by atoms with Gasteiger partial charge in [0.1, 0.15) is 30.3 Å². The predicted octanol–water partition coefficient (Wildman–Crippen LogP) is 1.63. The number of nitrogens with zero attached hydrogens (tertiary/aromatic N) is 1. The Morgan fingerprint density at radius 1 is 0.950 bits per heavy atom. The van der Waals surface area contributed by atoms with Crippen LogP contribution in [0.15, 0.2) is 30.3 Å². The van der Waals surface area contributed by atoms with Crippen molar-refractivity contribution in [3.63, 3.8) is 0 Å². The average molecular weight is 557 g/mol. The van der Waals surface area contributed by atoms with Gasteiger partial charge in [0.2, 0.25) is 23.6 Å². The van der Waals surface area contributed by atoms with Gasteiger partial charge in [0, 0.05) is 19.4 Å². The molecule has 2 aliphatic heterocycles. The number of aliphatic hydroxyl groups excluding tert-OH is 1. The lowest BCUT2D eigenvalue weighted by molar-refractivity contribution is -0.144. The van der Waals surface area contributed by atoms with Crippen LogP contribution in [0.2, 0.25) is 0 Å². The number of fused-ring (bicyclic) bond motifs is 1. The van der Waals surface area contributed by atoms with Crippen LogP contribution < -0.4 is 16.0 Å². The number of amides is 4. The monoisotopic (exact) mass is 556 g/mol. The van der Waals surface area contributed by atoms with Crippen LogP contribution in [0.3, 0.4) is 0 Å². The van der Waals surface area contributed by atoms with E-state index in [-0.39, 0.29) is 30.4 Å². The molecule has 0 radical (unpaired) electrons. The fraction of sp³-hybridized carbons (Fsp3) is 0.633. The number of carbonyl (C=O) groups is 5. The predicted molar refractivity (Wildman–Crippen MR) is 150 cm³/mol. The largest absolute Gasteiger partial charge is 0.386 e. The van der Waals surface area contributed by atoms with Crippen LogP contribution in [0, 0.1) is 5.41 Å². The van der Waals surface area contributed by atoms with Crippen molar-refractivity contribution < 1.29 is 29.1 Å². The first-order valence-corrected chi connectivity index (χ1v) is 14.3. The molecule has 10 nitrogen and oxygen atoms in total. The van der Waals surface area contributed by atoms with E-state index in [0.717, 1.165) is 5.56 Å². The zero-order chi connectivity index (χ0) is 29.4. The number of unbranched alkanes of at least 4 members (excludes halogenated alkanes) is 2. The highest BCUT2D eigenvalue weighted by atomic mass is 16.3. The highest BCUT2D eigenvalue weighted by Gasteiger charge is 2.42. The van der Waals surface area contributed by atoms with E-state index in [0.29, 0.717) is 45.1 Å². The fourth-order valence-electron chi connectivity index (χ4n) is 5.30. The molecule has 2 fully saturated rings. The molecule has 1 aromatic rings. The molecule has 0 bridgehead atoms. The minimum absolute atomic E-state index is 0.229. The van der Waals surface area contributed by atoms with E-state index in [9.17, 15) is 29.1 Å². The summed E-state index contributed by atoms with van der Waals surface area (Å²) in [4.78, 5) is 67.6. The third-order valence-electron chi connectivity index (χ3n) is 7.67. The number of Topliss-reactive ketones (excluding diaryl/α,β-unsaturated/α-hetero) is 1. The third-order valence-corrected chi connectivity index (χ3v) is 7.67. The molecule has 5 atom stereocenters. The summed E-state index contributed by atoms with van der Waals surface area (Å²) in [6.45, 7) is 7.34. The number of nitrogens with one attached hydrogen (secondary N) is 3. The second kappa shape index (κ2) is 13.9. The van der Waals surface area contributed by atoms with Gasteiger partial charge in [0.25, 0.3) is 0 Å². The van der Waals surface area contributed by atoms with Gasteiger partial charge in [-0.1, -0.05) is 63.9 Å². The molecule has 1 aromatic carbocycles. The van der Waals surface area contributed by atoms with E-state index < -0.39 is 47.5 Å². The number of hydrogen-bond acceptors (Lipinski definition) is 6. The van der Waals surface area contributed by atoms with Gasteiger partial charge in [-0.25, -0.2) is 0 Å². The van der Waals surface area contributed by atoms with E-state index in [1.54, 1.807) is 0 Å². The molecule has 220 valence electrons. The maximum absolute atomic E-state index is 13.8. The van der Waals surface area contributed by atoms with Crippen LogP contribution in [-0.4, -0.2) is 76.2 Å². The number of rotatable bonds is 9. The molecular weight excluding hydrogens is 512 g/mol. The highest BCUT2D eigenvalue weighted by Crippen LogP contribution is 2.24. The van der Waals surface area contributed by atoms with Crippen molar-refractivity contribution >= 4 is 29.4 Å². The van der Waals surface area contributed by atoms with Crippen molar-refractivity contribution in [2.75, 3.05) is 6.54 Å². The van der Waals surface area contributed by atoms with Crippen molar-refractivity contribution in [1.29, 1.82) is 0 Å². The Kier molecular flexibility index (Phi) is 10.8. The maximum Gasteiger partial charge on any atom is 0.246 e. The topological polar surface area (TPSA) is 145 Å². The van der Waals surface area contributed by atoms with Crippen LogP contribution in [0.5, 0.6) is 0 Å². The van der Waals surface area contributed by atoms with E-state index in [1.165, 1.54) is 11.8 Å². The first-order chi connectivity index (χ1) is 18.9. The van der Waals surface area contributed by atoms with Crippen molar-refractivity contribution in [3.05, 3.63) is 35.9 Å². The Labute approximate surface area is 236 Å². The molecule has 10 heteroatoms. The van der Waals surface area contributed by atoms with E-state index >= 15 is 0 Å². The lowest BCUT2D eigenvalue weighted by Gasteiger charge is -2.36. The molecule has 1 unspecified atom stereocenters. The maximum atomic E-state index is 13.8. The van der Waals surface area contributed by atoms with Gasteiger partial charge in [0.05, 0.1) is 0 Å². The Hall–Kier alpha value is -3.27. The van der Waals surface area contributed by atoms with Crippen LogP contribution >= 0.6 is 0 Å². The number of benzene rings is 1. The average Bonchev–Trinajstić information content (AvgIpc) is 3.39. The molecule has 2 aliphatic rings. The van der Waals surface area contributed by atoms with Gasteiger partial charge in [-0.2, -0.15) is 0 Å². The summed E-state index contributed by atoms with van der Waals surface area (Å²) in [6.07, 6.45) is 2.71. The summed E-state index contributed by atoms with van der Waals surface area (Å²) < 4.78 is 0. The standard InChI is InChI=1S/C30H44N4O6/c1-19(35)24(36)16-10-6-9-14-21-26(37)33-25(30(2,3)4)28(39)32-22(18-20-12-7-5-8-13-20)29(40)34-17-11-15-23(34)27(38)31-21/h5,7-8,12-13,19,21-23,25,35H,6,9-11,14-18H2,1-4H3,(H,31,38)(H,32,39)(H,33,37)/t19?,21-,22-,23+,25-/m0/s1. The summed E-state index contributed by atoms with van der Waals surface area (Å²) in [5.41, 5.74) is 0.205. The van der Waals surface area contributed by atoms with E-state index in [4.69, 9.17) is 0 Å². The minimum atomic E-state index is -0.999. The normalized spacial score (nSPS) is 25.2. The van der Waals surface area contributed by atoms with Crippen molar-refractivity contribution in [2.24, 2.45) is 5.41 Å². The molecule has 40 heavy (non-hydrogen) atoms. The summed E-state index contributed by atoms with van der Waals surface area (Å²) in [6, 6.07) is 5.94. The van der Waals surface area contributed by atoms with Crippen molar-refractivity contribution in [3.8, 4) is 0 Å². The molecule has 0 saturated carbocycles. The molecule has 0 aliphatic carbocycles. The number of carbonyl (C=O) groups excluding carboxylic acids is 5. The molecule has 2 heterocycles. The lowest BCUT2D eigenvalue weighted by atomic mass is 9.85. The van der Waals surface area contributed by atoms with E-state index in [2.05, 4.69) is 16.0 Å². The van der Waals surface area contributed by atoms with Crippen LogP contribution in [0.1, 0.15) is 78.2 Å². The molecule has 2 saturated heterocycles. The first kappa shape index (κ1) is 31.3. The SMILES string of the molecule is CC(O)C(=O)CCCCC[C@@H]1NC(=O)[C@H]2CCCN2C(=O)[C@H](Cc2ccccc2)NC(=O)[C@@H](C(C)(C)C)NC1=O. The Balaban J connectivity index is 1.84. The summed E-state index contributed by atoms with van der Waals surface area (Å²) >= 11 is 0. The number of ketones is 1. The lowest BCUT2D eigenvalue weighted by Crippen LogP contribution is -2.63. The molecular formula is C30H44N4O6. The van der Waals surface area contributed by atoms with Crippen molar-refractivity contribution in [1.82, 2.24) is 20.9 Å². The quantitative estimate of drug-likeness (QED) is 0.340. The van der Waals surface area contributed by atoms with Gasteiger partial charge in [0.15, 0.2) is 5.78 Å². The Morgan fingerprint density at radius 2 is 1.62 bits per heavy atom. The van der Waals surface area contributed by atoms with Crippen molar-refractivity contribution in [2.45, 2.75) is 109 Å². The van der Waals surface area contributed by atoms with Gasteiger partial charge in [-0.3, -0.25) is 24.0 Å². The summed E-state index contributed by atoms with van der Waals surface area (Å²) in [5.74, 6) is -1.83. The van der Waals surface area contributed by atoms with E-state index in [1.807, 2.05) is 51.1 Å². The van der Waals surface area contributed by atoms with Gasteiger partial charge in [-0.15, -0.1) is 0 Å². The van der Waals surface area contributed by atoms with Crippen LogP contribution in [-0.2, 0) is 30.4 Å². The van der Waals surface area contributed by atoms with Gasteiger partial charge in [-0.05, 0) is 43.6 Å². The number of aliphatic hydroxyl groups is 1. The summed E-state index contributed by atoms with van der Waals surface area (Å²) in [7, 11) is 0. The smallest absolute Gasteiger partial charge is 0.246 e. The van der Waals surface area contributed by atoms with Gasteiger partial charge < -0.3 is 26.0 Å².